The summed E-state index contributed by atoms with van der Waals surface area (Å²) in [4.78, 5) is 19.6. The minimum Gasteiger partial charge on any atom is -0.302 e. The van der Waals surface area contributed by atoms with E-state index in [0.717, 1.165) is 47.6 Å². The molecule has 1 saturated heterocycles. The Morgan fingerprint density at radius 1 is 1.19 bits per heavy atom. The SMILES string of the molecule is CC1CCN(Cc2csc(NC(=O)Cc3cccc4ccccc34)n2)CC1. The molecule has 0 unspecified atom stereocenters. The number of carbonyl (C=O) groups excluding carboxylic acids is 1. The zero-order valence-corrected chi connectivity index (χ0v) is 16.5. The third-order valence-electron chi connectivity index (χ3n) is 5.29. The lowest BCUT2D eigenvalue weighted by Crippen LogP contribution is -2.32. The Labute approximate surface area is 164 Å². The van der Waals surface area contributed by atoms with Crippen molar-refractivity contribution in [2.45, 2.75) is 32.7 Å². The maximum Gasteiger partial charge on any atom is 0.230 e. The van der Waals surface area contributed by atoms with Gasteiger partial charge in [0.05, 0.1) is 12.1 Å². The summed E-state index contributed by atoms with van der Waals surface area (Å²) in [6.45, 7) is 5.48. The van der Waals surface area contributed by atoms with Crippen molar-refractivity contribution in [2.75, 3.05) is 18.4 Å². The number of hydrogen-bond donors (Lipinski definition) is 1. The number of amides is 1. The van der Waals surface area contributed by atoms with Crippen LogP contribution in [0.1, 0.15) is 31.0 Å². The van der Waals surface area contributed by atoms with Crippen molar-refractivity contribution in [2.24, 2.45) is 5.92 Å². The predicted octanol–water partition coefficient (Wildman–Crippen LogP) is 4.71. The van der Waals surface area contributed by atoms with Crippen LogP contribution < -0.4 is 5.32 Å². The van der Waals surface area contributed by atoms with Gasteiger partial charge >= 0.3 is 0 Å². The molecule has 1 aliphatic rings. The van der Waals surface area contributed by atoms with E-state index in [0.29, 0.717) is 11.6 Å². The highest BCUT2D eigenvalue weighted by molar-refractivity contribution is 7.13. The molecule has 3 aromatic rings. The van der Waals surface area contributed by atoms with E-state index in [2.05, 4.69) is 45.7 Å². The minimum atomic E-state index is -0.0148. The van der Waals surface area contributed by atoms with Gasteiger partial charge in [0.2, 0.25) is 5.91 Å². The molecule has 140 valence electrons. The summed E-state index contributed by atoms with van der Waals surface area (Å²) in [7, 11) is 0. The monoisotopic (exact) mass is 379 g/mol. The van der Waals surface area contributed by atoms with Gasteiger partial charge < -0.3 is 5.32 Å². The van der Waals surface area contributed by atoms with Crippen LogP contribution in [0.25, 0.3) is 10.8 Å². The van der Waals surface area contributed by atoms with Gasteiger partial charge in [-0.1, -0.05) is 49.4 Å². The molecule has 0 bridgehead atoms. The standard InChI is InChI=1S/C22H25N3OS/c1-16-9-11-25(12-10-16)14-19-15-27-22(23-19)24-21(26)13-18-7-4-6-17-5-2-3-8-20(17)18/h2-8,15-16H,9-14H2,1H3,(H,23,24,26). The molecule has 1 fully saturated rings. The van der Waals surface area contributed by atoms with Crippen molar-refractivity contribution in [1.29, 1.82) is 0 Å². The summed E-state index contributed by atoms with van der Waals surface area (Å²) >= 11 is 1.51. The van der Waals surface area contributed by atoms with E-state index in [1.54, 1.807) is 0 Å². The van der Waals surface area contributed by atoms with Crippen LogP contribution in [-0.2, 0) is 17.8 Å². The first-order valence-corrected chi connectivity index (χ1v) is 10.5. The van der Waals surface area contributed by atoms with Gasteiger partial charge in [0.15, 0.2) is 5.13 Å². The Bertz CT molecular complexity index is 923. The molecule has 0 saturated carbocycles. The van der Waals surface area contributed by atoms with E-state index in [-0.39, 0.29) is 5.91 Å². The number of likely N-dealkylation sites (tertiary alicyclic amines) is 1. The van der Waals surface area contributed by atoms with Crippen LogP contribution in [0, 0.1) is 5.92 Å². The number of nitrogens with zero attached hydrogens (tertiary/aromatic N) is 2. The summed E-state index contributed by atoms with van der Waals surface area (Å²) in [5.74, 6) is 0.819. The molecule has 4 nitrogen and oxygen atoms in total. The molecule has 27 heavy (non-hydrogen) atoms. The van der Waals surface area contributed by atoms with Gasteiger partial charge in [-0.25, -0.2) is 4.98 Å². The lowest BCUT2D eigenvalue weighted by atomic mass is 9.99. The van der Waals surface area contributed by atoms with Crippen LogP contribution in [0.5, 0.6) is 0 Å². The Hall–Kier alpha value is -2.24. The summed E-state index contributed by atoms with van der Waals surface area (Å²) in [5, 5.41) is 8.02. The van der Waals surface area contributed by atoms with Crippen molar-refractivity contribution in [3.8, 4) is 0 Å². The molecule has 0 atom stereocenters. The van der Waals surface area contributed by atoms with E-state index in [1.165, 1.54) is 24.2 Å². The van der Waals surface area contributed by atoms with Gasteiger partial charge in [-0.05, 0) is 48.2 Å². The van der Waals surface area contributed by atoms with Gasteiger partial charge in [-0.2, -0.15) is 0 Å². The topological polar surface area (TPSA) is 45.2 Å². The first-order valence-electron chi connectivity index (χ1n) is 9.60. The van der Waals surface area contributed by atoms with Crippen LogP contribution >= 0.6 is 11.3 Å². The normalized spacial score (nSPS) is 15.9. The number of benzene rings is 2. The summed E-state index contributed by atoms with van der Waals surface area (Å²) in [6.07, 6.45) is 2.89. The fraction of sp³-hybridized carbons (Fsp3) is 0.364. The zero-order valence-electron chi connectivity index (χ0n) is 15.6. The molecular weight excluding hydrogens is 354 g/mol. The Morgan fingerprint density at radius 2 is 1.96 bits per heavy atom. The average Bonchev–Trinajstić information content (AvgIpc) is 3.10. The Morgan fingerprint density at radius 3 is 2.81 bits per heavy atom. The van der Waals surface area contributed by atoms with Crippen molar-refractivity contribution in [3.63, 3.8) is 0 Å². The fourth-order valence-corrected chi connectivity index (χ4v) is 4.39. The number of aromatic nitrogens is 1. The molecule has 1 amide bonds. The lowest BCUT2D eigenvalue weighted by molar-refractivity contribution is -0.115. The highest BCUT2D eigenvalue weighted by Crippen LogP contribution is 2.22. The molecule has 0 aliphatic carbocycles. The van der Waals surface area contributed by atoms with E-state index in [9.17, 15) is 4.79 Å². The van der Waals surface area contributed by atoms with Gasteiger partial charge in [0, 0.05) is 11.9 Å². The first kappa shape index (κ1) is 18.1. The highest BCUT2D eigenvalue weighted by atomic mass is 32.1. The molecule has 5 heteroatoms. The third-order valence-corrected chi connectivity index (χ3v) is 6.10. The van der Waals surface area contributed by atoms with Crippen LogP contribution in [0.15, 0.2) is 47.8 Å². The summed E-state index contributed by atoms with van der Waals surface area (Å²) in [6, 6.07) is 14.3. The van der Waals surface area contributed by atoms with E-state index in [4.69, 9.17) is 0 Å². The summed E-state index contributed by atoms with van der Waals surface area (Å²) < 4.78 is 0. The number of nitrogens with one attached hydrogen (secondary N) is 1. The fourth-order valence-electron chi connectivity index (χ4n) is 3.67. The van der Waals surface area contributed by atoms with Crippen LogP contribution in [0.2, 0.25) is 0 Å². The van der Waals surface area contributed by atoms with E-state index < -0.39 is 0 Å². The average molecular weight is 380 g/mol. The van der Waals surface area contributed by atoms with Crippen LogP contribution in [0.3, 0.4) is 0 Å². The third kappa shape index (κ3) is 4.54. The smallest absolute Gasteiger partial charge is 0.230 e. The molecule has 2 heterocycles. The van der Waals surface area contributed by atoms with Gasteiger partial charge in [-0.15, -0.1) is 11.3 Å². The maximum atomic E-state index is 12.5. The van der Waals surface area contributed by atoms with Crippen LogP contribution in [-0.4, -0.2) is 28.9 Å². The first-order chi connectivity index (χ1) is 13.2. The second-order valence-corrected chi connectivity index (χ2v) is 8.32. The van der Waals surface area contributed by atoms with Crippen molar-refractivity contribution in [3.05, 3.63) is 59.1 Å². The minimum absolute atomic E-state index is 0.0148. The predicted molar refractivity (Wildman–Crippen MR) is 112 cm³/mol. The molecule has 1 aliphatic heterocycles. The lowest BCUT2D eigenvalue weighted by Gasteiger charge is -2.29. The number of hydrogen-bond acceptors (Lipinski definition) is 4. The second-order valence-electron chi connectivity index (χ2n) is 7.47. The molecular formula is C22H25N3OS. The molecule has 0 spiro atoms. The molecule has 1 aromatic heterocycles. The quantitative estimate of drug-likeness (QED) is 0.698. The van der Waals surface area contributed by atoms with Crippen LogP contribution in [0.4, 0.5) is 5.13 Å². The van der Waals surface area contributed by atoms with Gasteiger partial charge in [0.1, 0.15) is 0 Å². The molecule has 0 radical (unpaired) electrons. The largest absolute Gasteiger partial charge is 0.302 e. The van der Waals surface area contributed by atoms with E-state index >= 15 is 0 Å². The number of piperidine rings is 1. The number of anilines is 1. The van der Waals surface area contributed by atoms with Gasteiger partial charge in [-0.3, -0.25) is 9.69 Å². The Balaban J connectivity index is 1.36. The number of carbonyl (C=O) groups is 1. The van der Waals surface area contributed by atoms with Gasteiger partial charge in [0.25, 0.3) is 0 Å². The number of rotatable bonds is 5. The molecule has 2 aromatic carbocycles. The summed E-state index contributed by atoms with van der Waals surface area (Å²) in [5.41, 5.74) is 2.10. The second kappa shape index (κ2) is 8.19. The van der Waals surface area contributed by atoms with Crippen molar-refractivity contribution in [1.82, 2.24) is 9.88 Å². The van der Waals surface area contributed by atoms with Crippen molar-refractivity contribution < 1.29 is 4.79 Å². The highest BCUT2D eigenvalue weighted by Gasteiger charge is 2.17. The maximum absolute atomic E-state index is 12.5. The molecule has 4 rings (SSSR count). The Kier molecular flexibility index (Phi) is 5.50. The molecule has 1 N–H and O–H groups in total. The zero-order chi connectivity index (χ0) is 18.6. The van der Waals surface area contributed by atoms with E-state index in [1.807, 2.05) is 24.3 Å². The number of fused-ring (bicyclic) bond motifs is 1. The number of thiazole rings is 1. The van der Waals surface area contributed by atoms with Crippen molar-refractivity contribution >= 4 is 33.1 Å².